The lowest BCUT2D eigenvalue weighted by atomic mass is 9.97. The molecule has 1 atom stereocenters. The third-order valence-corrected chi connectivity index (χ3v) is 2.73. The van der Waals surface area contributed by atoms with Gasteiger partial charge in [0.2, 0.25) is 0 Å². The molecule has 5 nitrogen and oxygen atoms in total. The van der Waals surface area contributed by atoms with Crippen LogP contribution >= 0.6 is 0 Å². The molecular formula is C12H21N3O2. The molecule has 0 aliphatic rings. The van der Waals surface area contributed by atoms with E-state index in [1.165, 1.54) is 0 Å². The third kappa shape index (κ3) is 4.56. The highest BCUT2D eigenvalue weighted by molar-refractivity contribution is 5.70. The Kier molecular flexibility index (Phi) is 5.15. The van der Waals surface area contributed by atoms with Crippen LogP contribution in [0.5, 0.6) is 0 Å². The van der Waals surface area contributed by atoms with Gasteiger partial charge in [0.25, 0.3) is 0 Å². The topological polar surface area (TPSA) is 78.0 Å². The average molecular weight is 239 g/mol. The summed E-state index contributed by atoms with van der Waals surface area (Å²) in [5, 5.41) is 19.0. The minimum absolute atomic E-state index is 0.321. The third-order valence-electron chi connectivity index (χ3n) is 2.73. The Morgan fingerprint density at radius 2 is 2.29 bits per heavy atom. The van der Waals surface area contributed by atoms with Crippen LogP contribution in [0.3, 0.4) is 0 Å². The van der Waals surface area contributed by atoms with Crippen LogP contribution in [0.15, 0.2) is 6.20 Å². The molecule has 0 radical (unpaired) electrons. The summed E-state index contributed by atoms with van der Waals surface area (Å²) in [6, 6.07) is 0. The number of hydrogen-bond donors (Lipinski definition) is 3. The zero-order chi connectivity index (χ0) is 12.8. The number of carboxylic acids is 1. The van der Waals surface area contributed by atoms with Crippen molar-refractivity contribution in [3.05, 3.63) is 17.5 Å². The van der Waals surface area contributed by atoms with Gasteiger partial charge in [-0.1, -0.05) is 13.8 Å². The van der Waals surface area contributed by atoms with E-state index >= 15 is 0 Å². The SMILES string of the molecule is Cc1cn[nH]c1CNCC(CC(C)C)C(=O)O. The summed E-state index contributed by atoms with van der Waals surface area (Å²) in [5.74, 6) is -0.655. The molecule has 0 fully saturated rings. The first-order valence-corrected chi connectivity index (χ1v) is 5.93. The molecule has 0 amide bonds. The molecule has 17 heavy (non-hydrogen) atoms. The quantitative estimate of drug-likeness (QED) is 0.674. The number of aromatic amines is 1. The summed E-state index contributed by atoms with van der Waals surface area (Å²) in [5.41, 5.74) is 2.10. The molecular weight excluding hydrogens is 218 g/mol. The van der Waals surface area contributed by atoms with Gasteiger partial charge >= 0.3 is 5.97 Å². The zero-order valence-electron chi connectivity index (χ0n) is 10.7. The summed E-state index contributed by atoms with van der Waals surface area (Å²) < 4.78 is 0. The molecule has 1 aromatic rings. The maximum atomic E-state index is 11.0. The fourth-order valence-corrected chi connectivity index (χ4v) is 1.76. The molecule has 5 heteroatoms. The molecule has 0 aliphatic carbocycles. The van der Waals surface area contributed by atoms with Crippen LogP contribution in [0.1, 0.15) is 31.5 Å². The number of aliphatic carboxylic acids is 1. The van der Waals surface area contributed by atoms with Gasteiger partial charge in [0.05, 0.1) is 17.8 Å². The van der Waals surface area contributed by atoms with Crippen molar-refractivity contribution in [1.29, 1.82) is 0 Å². The Morgan fingerprint density at radius 1 is 1.59 bits per heavy atom. The molecule has 0 aliphatic heterocycles. The van der Waals surface area contributed by atoms with Gasteiger partial charge in [-0.15, -0.1) is 0 Å². The van der Waals surface area contributed by atoms with Crippen molar-refractivity contribution in [3.8, 4) is 0 Å². The van der Waals surface area contributed by atoms with Crippen LogP contribution in [-0.4, -0.2) is 27.8 Å². The van der Waals surface area contributed by atoms with E-state index in [0.717, 1.165) is 11.3 Å². The Hall–Kier alpha value is -1.36. The second kappa shape index (κ2) is 6.39. The first-order chi connectivity index (χ1) is 8.00. The van der Waals surface area contributed by atoms with Gasteiger partial charge in [0, 0.05) is 13.1 Å². The molecule has 96 valence electrons. The number of nitrogens with one attached hydrogen (secondary N) is 2. The van der Waals surface area contributed by atoms with Gasteiger partial charge in [-0.2, -0.15) is 5.10 Å². The minimum Gasteiger partial charge on any atom is -0.481 e. The Balaban J connectivity index is 2.37. The number of H-pyrrole nitrogens is 1. The Labute approximate surface area is 102 Å². The maximum absolute atomic E-state index is 11.0. The lowest BCUT2D eigenvalue weighted by Gasteiger charge is -2.15. The minimum atomic E-state index is -0.729. The molecule has 1 heterocycles. The van der Waals surface area contributed by atoms with Gasteiger partial charge in [0.15, 0.2) is 0 Å². The molecule has 1 unspecified atom stereocenters. The summed E-state index contributed by atoms with van der Waals surface area (Å²) in [6.45, 7) is 7.17. The van der Waals surface area contributed by atoms with Gasteiger partial charge in [0.1, 0.15) is 0 Å². The van der Waals surface area contributed by atoms with E-state index in [2.05, 4.69) is 15.5 Å². The highest BCUT2D eigenvalue weighted by Crippen LogP contribution is 2.11. The van der Waals surface area contributed by atoms with Crippen molar-refractivity contribution in [1.82, 2.24) is 15.5 Å². The van der Waals surface area contributed by atoms with E-state index in [1.54, 1.807) is 6.20 Å². The summed E-state index contributed by atoms with van der Waals surface area (Å²) in [6.07, 6.45) is 2.46. The summed E-state index contributed by atoms with van der Waals surface area (Å²) in [7, 11) is 0. The normalized spacial score (nSPS) is 12.9. The van der Waals surface area contributed by atoms with E-state index < -0.39 is 5.97 Å². The van der Waals surface area contributed by atoms with Crippen LogP contribution < -0.4 is 5.32 Å². The van der Waals surface area contributed by atoms with Crippen molar-refractivity contribution < 1.29 is 9.90 Å². The fraction of sp³-hybridized carbons (Fsp3) is 0.667. The van der Waals surface area contributed by atoms with E-state index in [0.29, 0.717) is 25.4 Å². The van der Waals surface area contributed by atoms with Crippen LogP contribution in [0, 0.1) is 18.8 Å². The molecule has 1 aromatic heterocycles. The number of hydrogen-bond acceptors (Lipinski definition) is 3. The summed E-state index contributed by atoms with van der Waals surface area (Å²) >= 11 is 0. The number of aromatic nitrogens is 2. The average Bonchev–Trinajstić information content (AvgIpc) is 2.62. The van der Waals surface area contributed by atoms with Crippen LogP contribution in [0.4, 0.5) is 0 Å². The van der Waals surface area contributed by atoms with Gasteiger partial charge < -0.3 is 10.4 Å². The van der Waals surface area contributed by atoms with Gasteiger partial charge in [-0.3, -0.25) is 9.89 Å². The number of carboxylic acid groups (broad SMARTS) is 1. The van der Waals surface area contributed by atoms with Crippen molar-refractivity contribution in [3.63, 3.8) is 0 Å². The fourth-order valence-electron chi connectivity index (χ4n) is 1.76. The van der Waals surface area contributed by atoms with Crippen LogP contribution in [-0.2, 0) is 11.3 Å². The largest absolute Gasteiger partial charge is 0.481 e. The molecule has 3 N–H and O–H groups in total. The molecule has 1 rings (SSSR count). The monoisotopic (exact) mass is 239 g/mol. The Bertz CT molecular complexity index is 360. The predicted molar refractivity (Wildman–Crippen MR) is 65.6 cm³/mol. The van der Waals surface area contributed by atoms with Crippen molar-refractivity contribution in [2.75, 3.05) is 6.54 Å². The summed E-state index contributed by atoms with van der Waals surface area (Å²) in [4.78, 5) is 11.0. The zero-order valence-corrected chi connectivity index (χ0v) is 10.7. The van der Waals surface area contributed by atoms with E-state index in [9.17, 15) is 4.79 Å². The number of carbonyl (C=O) groups is 1. The number of rotatable bonds is 7. The second-order valence-electron chi connectivity index (χ2n) is 4.83. The molecule has 0 spiro atoms. The standard InChI is InChI=1S/C12H21N3O2/c1-8(2)4-10(12(16)17)6-13-7-11-9(3)5-14-15-11/h5,8,10,13H,4,6-7H2,1-3H3,(H,14,15)(H,16,17). The Morgan fingerprint density at radius 3 is 2.76 bits per heavy atom. The van der Waals surface area contributed by atoms with E-state index in [4.69, 9.17) is 5.11 Å². The van der Waals surface area contributed by atoms with Crippen molar-refractivity contribution in [2.45, 2.75) is 33.7 Å². The van der Waals surface area contributed by atoms with Gasteiger partial charge in [-0.05, 0) is 24.8 Å². The van der Waals surface area contributed by atoms with E-state index in [1.807, 2.05) is 20.8 Å². The van der Waals surface area contributed by atoms with E-state index in [-0.39, 0.29) is 5.92 Å². The second-order valence-corrected chi connectivity index (χ2v) is 4.83. The highest BCUT2D eigenvalue weighted by Gasteiger charge is 2.18. The van der Waals surface area contributed by atoms with Crippen molar-refractivity contribution in [2.24, 2.45) is 11.8 Å². The van der Waals surface area contributed by atoms with Crippen LogP contribution in [0.25, 0.3) is 0 Å². The molecule has 0 saturated heterocycles. The predicted octanol–water partition coefficient (Wildman–Crippen LogP) is 1.55. The molecule has 0 saturated carbocycles. The van der Waals surface area contributed by atoms with Gasteiger partial charge in [-0.25, -0.2) is 0 Å². The molecule has 0 aromatic carbocycles. The number of nitrogens with zero attached hydrogens (tertiary/aromatic N) is 1. The first kappa shape index (κ1) is 13.7. The van der Waals surface area contributed by atoms with Crippen molar-refractivity contribution >= 4 is 5.97 Å². The molecule has 0 bridgehead atoms. The lowest BCUT2D eigenvalue weighted by Crippen LogP contribution is -2.29. The lowest BCUT2D eigenvalue weighted by molar-refractivity contribution is -0.142. The van der Waals surface area contributed by atoms with Crippen LogP contribution in [0.2, 0.25) is 0 Å². The maximum Gasteiger partial charge on any atom is 0.307 e. The highest BCUT2D eigenvalue weighted by atomic mass is 16.4. The smallest absolute Gasteiger partial charge is 0.307 e. The first-order valence-electron chi connectivity index (χ1n) is 5.93. The number of aryl methyl sites for hydroxylation is 1.